The summed E-state index contributed by atoms with van der Waals surface area (Å²) in [6.07, 6.45) is 4.07. The Hall–Kier alpha value is -1.55. The van der Waals surface area contributed by atoms with Crippen molar-refractivity contribution in [3.8, 4) is 0 Å². The van der Waals surface area contributed by atoms with Gasteiger partial charge in [-0.15, -0.1) is 0 Å². The first-order valence-electron chi connectivity index (χ1n) is 7.51. The number of nitrogens with one attached hydrogen (secondary N) is 2. The van der Waals surface area contributed by atoms with Gasteiger partial charge >= 0.3 is 0 Å². The fraction of sp³-hybridized carbons (Fsp3) is 0.562. The van der Waals surface area contributed by atoms with E-state index < -0.39 is 0 Å². The molecule has 0 unspecified atom stereocenters. The smallest absolute Gasteiger partial charge is 0.190 e. The van der Waals surface area contributed by atoms with Gasteiger partial charge in [0.05, 0.1) is 0 Å². The van der Waals surface area contributed by atoms with Crippen molar-refractivity contribution in [3.05, 3.63) is 35.4 Å². The lowest BCUT2D eigenvalue weighted by Crippen LogP contribution is -2.34. The van der Waals surface area contributed by atoms with Crippen molar-refractivity contribution in [2.45, 2.75) is 32.4 Å². The first kappa shape index (κ1) is 14.9. The SMILES string of the molecule is CN=C(NC)NCc1ccccc1CN1CCCCC1. The van der Waals surface area contributed by atoms with E-state index in [2.05, 4.69) is 44.8 Å². The highest BCUT2D eigenvalue weighted by Gasteiger charge is 2.12. The number of rotatable bonds is 4. The lowest BCUT2D eigenvalue weighted by Gasteiger charge is -2.27. The highest BCUT2D eigenvalue weighted by atomic mass is 15.2. The van der Waals surface area contributed by atoms with Crippen LogP contribution in [0.3, 0.4) is 0 Å². The molecule has 1 aliphatic rings. The van der Waals surface area contributed by atoms with Crippen molar-refractivity contribution in [1.82, 2.24) is 15.5 Å². The molecule has 0 spiro atoms. The van der Waals surface area contributed by atoms with Gasteiger partial charge < -0.3 is 10.6 Å². The van der Waals surface area contributed by atoms with Gasteiger partial charge in [-0.25, -0.2) is 0 Å². The number of aliphatic imine (C=N–C) groups is 1. The van der Waals surface area contributed by atoms with Crippen LogP contribution >= 0.6 is 0 Å². The fourth-order valence-corrected chi connectivity index (χ4v) is 2.70. The predicted octanol–water partition coefficient (Wildman–Crippen LogP) is 1.97. The van der Waals surface area contributed by atoms with Crippen molar-refractivity contribution in [2.24, 2.45) is 4.99 Å². The zero-order valence-electron chi connectivity index (χ0n) is 12.7. The van der Waals surface area contributed by atoms with E-state index in [1.165, 1.54) is 43.5 Å². The Morgan fingerprint density at radius 2 is 1.85 bits per heavy atom. The molecule has 110 valence electrons. The first-order chi connectivity index (χ1) is 9.83. The molecule has 1 aliphatic heterocycles. The minimum Gasteiger partial charge on any atom is -0.359 e. The third-order valence-electron chi connectivity index (χ3n) is 3.87. The summed E-state index contributed by atoms with van der Waals surface area (Å²) in [5.74, 6) is 0.831. The Bertz CT molecular complexity index is 436. The average molecular weight is 274 g/mol. The van der Waals surface area contributed by atoms with Crippen LogP contribution in [0.4, 0.5) is 0 Å². The molecule has 4 nitrogen and oxygen atoms in total. The average Bonchev–Trinajstić information content (AvgIpc) is 2.51. The quantitative estimate of drug-likeness (QED) is 0.651. The number of piperidine rings is 1. The van der Waals surface area contributed by atoms with Gasteiger partial charge in [0.15, 0.2) is 5.96 Å². The van der Waals surface area contributed by atoms with Gasteiger partial charge in [-0.2, -0.15) is 0 Å². The normalized spacial score (nSPS) is 17.0. The molecule has 1 aromatic carbocycles. The maximum absolute atomic E-state index is 4.15. The number of hydrogen-bond acceptors (Lipinski definition) is 2. The summed E-state index contributed by atoms with van der Waals surface area (Å²) in [6.45, 7) is 4.35. The molecule has 0 radical (unpaired) electrons. The summed E-state index contributed by atoms with van der Waals surface area (Å²) in [4.78, 5) is 6.72. The van der Waals surface area contributed by atoms with Crippen LogP contribution in [0.25, 0.3) is 0 Å². The molecule has 0 atom stereocenters. The molecule has 0 aromatic heterocycles. The highest BCUT2D eigenvalue weighted by Crippen LogP contribution is 2.16. The Morgan fingerprint density at radius 3 is 2.50 bits per heavy atom. The molecule has 0 saturated carbocycles. The van der Waals surface area contributed by atoms with E-state index in [4.69, 9.17) is 0 Å². The maximum Gasteiger partial charge on any atom is 0.190 e. The second kappa shape index (κ2) is 7.90. The molecule has 1 saturated heterocycles. The van der Waals surface area contributed by atoms with Crippen LogP contribution in [0.15, 0.2) is 29.3 Å². The second-order valence-corrected chi connectivity index (χ2v) is 5.28. The lowest BCUT2D eigenvalue weighted by molar-refractivity contribution is 0.220. The van der Waals surface area contributed by atoms with E-state index in [9.17, 15) is 0 Å². The number of nitrogens with zero attached hydrogens (tertiary/aromatic N) is 2. The van der Waals surface area contributed by atoms with Gasteiger partial charge in [-0.1, -0.05) is 30.7 Å². The standard InChI is InChI=1S/C16H26N4/c1-17-16(18-2)19-12-14-8-4-5-9-15(14)13-20-10-6-3-7-11-20/h4-5,8-9H,3,6-7,10-13H2,1-2H3,(H2,17,18,19). The molecular weight excluding hydrogens is 248 g/mol. The van der Waals surface area contributed by atoms with Gasteiger partial charge in [-0.3, -0.25) is 9.89 Å². The third kappa shape index (κ3) is 4.23. The van der Waals surface area contributed by atoms with E-state index >= 15 is 0 Å². The Morgan fingerprint density at radius 1 is 1.15 bits per heavy atom. The molecule has 1 heterocycles. The summed E-state index contributed by atoms with van der Waals surface area (Å²) in [7, 11) is 3.67. The number of guanidine groups is 1. The molecule has 20 heavy (non-hydrogen) atoms. The topological polar surface area (TPSA) is 39.7 Å². The first-order valence-corrected chi connectivity index (χ1v) is 7.51. The summed E-state index contributed by atoms with van der Waals surface area (Å²) in [6, 6.07) is 8.69. The van der Waals surface area contributed by atoms with Crippen molar-refractivity contribution in [3.63, 3.8) is 0 Å². The van der Waals surface area contributed by atoms with E-state index in [1.807, 2.05) is 7.05 Å². The van der Waals surface area contributed by atoms with Crippen LogP contribution in [0.1, 0.15) is 30.4 Å². The molecule has 4 heteroatoms. The summed E-state index contributed by atoms with van der Waals surface area (Å²) in [5, 5.41) is 6.38. The minimum absolute atomic E-state index is 0.817. The zero-order chi connectivity index (χ0) is 14.2. The summed E-state index contributed by atoms with van der Waals surface area (Å²) >= 11 is 0. The predicted molar refractivity (Wildman–Crippen MR) is 84.8 cm³/mol. The van der Waals surface area contributed by atoms with Gasteiger partial charge in [0, 0.05) is 27.2 Å². The van der Waals surface area contributed by atoms with Crippen LogP contribution in [0.5, 0.6) is 0 Å². The van der Waals surface area contributed by atoms with Crippen LogP contribution < -0.4 is 10.6 Å². The van der Waals surface area contributed by atoms with E-state index in [1.54, 1.807) is 7.05 Å². The molecule has 1 fully saturated rings. The van der Waals surface area contributed by atoms with Gasteiger partial charge in [0.1, 0.15) is 0 Å². The molecule has 2 N–H and O–H groups in total. The van der Waals surface area contributed by atoms with Crippen LogP contribution in [-0.4, -0.2) is 38.0 Å². The van der Waals surface area contributed by atoms with Crippen molar-refractivity contribution < 1.29 is 0 Å². The van der Waals surface area contributed by atoms with Crippen molar-refractivity contribution in [1.29, 1.82) is 0 Å². The van der Waals surface area contributed by atoms with Gasteiger partial charge in [0.2, 0.25) is 0 Å². The van der Waals surface area contributed by atoms with Crippen molar-refractivity contribution in [2.75, 3.05) is 27.2 Å². The van der Waals surface area contributed by atoms with Crippen LogP contribution in [-0.2, 0) is 13.1 Å². The van der Waals surface area contributed by atoms with E-state index in [0.29, 0.717) is 0 Å². The Balaban J connectivity index is 1.98. The number of hydrogen-bond donors (Lipinski definition) is 2. The molecular formula is C16H26N4. The van der Waals surface area contributed by atoms with Gasteiger partial charge in [-0.05, 0) is 37.1 Å². The zero-order valence-corrected chi connectivity index (χ0v) is 12.7. The maximum atomic E-state index is 4.15. The second-order valence-electron chi connectivity index (χ2n) is 5.28. The fourth-order valence-electron chi connectivity index (χ4n) is 2.70. The molecule has 0 amide bonds. The lowest BCUT2D eigenvalue weighted by atomic mass is 10.0. The van der Waals surface area contributed by atoms with Crippen LogP contribution in [0.2, 0.25) is 0 Å². The van der Waals surface area contributed by atoms with Crippen molar-refractivity contribution >= 4 is 5.96 Å². The number of benzene rings is 1. The monoisotopic (exact) mass is 274 g/mol. The third-order valence-corrected chi connectivity index (χ3v) is 3.87. The summed E-state index contributed by atoms with van der Waals surface area (Å²) in [5.41, 5.74) is 2.78. The highest BCUT2D eigenvalue weighted by molar-refractivity contribution is 5.79. The summed E-state index contributed by atoms with van der Waals surface area (Å²) < 4.78 is 0. The molecule has 0 aliphatic carbocycles. The number of likely N-dealkylation sites (tertiary alicyclic amines) is 1. The Kier molecular flexibility index (Phi) is 5.87. The molecule has 2 rings (SSSR count). The molecule has 1 aromatic rings. The largest absolute Gasteiger partial charge is 0.359 e. The Labute approximate surface area is 122 Å². The van der Waals surface area contributed by atoms with Gasteiger partial charge in [0.25, 0.3) is 0 Å². The van der Waals surface area contributed by atoms with Crippen LogP contribution in [0, 0.1) is 0 Å². The minimum atomic E-state index is 0.817. The molecule has 0 bridgehead atoms. The van der Waals surface area contributed by atoms with E-state index in [0.717, 1.165) is 19.0 Å². The van der Waals surface area contributed by atoms with E-state index in [-0.39, 0.29) is 0 Å².